The molecule has 0 spiro atoms. The molecule has 0 heterocycles. The van der Waals surface area contributed by atoms with Crippen molar-refractivity contribution in [3.05, 3.63) is 12.2 Å². The maximum Gasteiger partial charge on any atom is 0.100 e. The van der Waals surface area contributed by atoms with Gasteiger partial charge >= 0.3 is 0 Å². The van der Waals surface area contributed by atoms with E-state index in [2.05, 4.69) is 26.0 Å². The van der Waals surface area contributed by atoms with Crippen LogP contribution in [0.2, 0.25) is 0 Å². The van der Waals surface area contributed by atoms with Crippen LogP contribution >= 0.6 is 0 Å². The van der Waals surface area contributed by atoms with E-state index < -0.39 is 12.2 Å². The molecule has 0 rings (SSSR count). The lowest BCUT2D eigenvalue weighted by atomic mass is 10.1. The molecule has 0 aromatic heterocycles. The predicted octanol–water partition coefficient (Wildman–Crippen LogP) is 4.75. The Labute approximate surface area is 180 Å². The molecule has 0 aliphatic heterocycles. The van der Waals surface area contributed by atoms with Crippen molar-refractivity contribution >= 4 is 0 Å². The number of unbranched alkanes of at least 4 members (excludes halogenated alkanes) is 12. The van der Waals surface area contributed by atoms with Gasteiger partial charge in [-0.3, -0.25) is 0 Å². The minimum Gasteiger partial charge on any atom is -0.394 e. The Kier molecular flexibility index (Phi) is 29.2. The zero-order valence-corrected chi connectivity index (χ0v) is 19.2. The normalized spacial score (nSPS) is 13.3. The zero-order valence-electron chi connectivity index (χ0n) is 19.2. The minimum absolute atomic E-state index is 0.0342. The second kappa shape index (κ2) is 27.5. The smallest absolute Gasteiger partial charge is 0.100 e. The maximum atomic E-state index is 8.72. The van der Waals surface area contributed by atoms with Gasteiger partial charge in [0, 0.05) is 0 Å². The van der Waals surface area contributed by atoms with Gasteiger partial charge in [-0.25, -0.2) is 0 Å². The van der Waals surface area contributed by atoms with Gasteiger partial charge < -0.3 is 25.2 Å². The summed E-state index contributed by atoms with van der Waals surface area (Å²) >= 11 is 0. The van der Waals surface area contributed by atoms with Crippen LogP contribution in [0.4, 0.5) is 0 Å². The molecule has 5 heteroatoms. The van der Waals surface area contributed by atoms with Crippen molar-refractivity contribution in [1.82, 2.24) is 0 Å². The molecule has 2 unspecified atom stereocenters. The molecular formula is C24H50O5. The van der Waals surface area contributed by atoms with Crippen LogP contribution in [0.3, 0.4) is 0 Å². The lowest BCUT2D eigenvalue weighted by Crippen LogP contribution is -2.25. The van der Waals surface area contributed by atoms with Crippen LogP contribution in [0.15, 0.2) is 12.2 Å². The number of rotatable bonds is 20. The van der Waals surface area contributed by atoms with E-state index in [1.54, 1.807) is 0 Å². The number of aliphatic hydroxyl groups is 4. The molecule has 29 heavy (non-hydrogen) atoms. The third-order valence-corrected chi connectivity index (χ3v) is 4.66. The third kappa shape index (κ3) is 29.8. The van der Waals surface area contributed by atoms with Crippen molar-refractivity contribution in [2.24, 2.45) is 0 Å². The summed E-state index contributed by atoms with van der Waals surface area (Å²) in [4.78, 5) is 0. The Morgan fingerprint density at radius 2 is 0.931 bits per heavy atom. The van der Waals surface area contributed by atoms with Crippen molar-refractivity contribution in [3.8, 4) is 0 Å². The summed E-state index contributed by atoms with van der Waals surface area (Å²) in [5.41, 5.74) is 0. The summed E-state index contributed by atoms with van der Waals surface area (Å²) < 4.78 is 4.72. The summed E-state index contributed by atoms with van der Waals surface area (Å²) in [6.07, 6.45) is 22.6. The average Bonchev–Trinajstić information content (AvgIpc) is 2.74. The fourth-order valence-corrected chi connectivity index (χ4v) is 2.77. The molecule has 0 saturated heterocycles. The highest BCUT2D eigenvalue weighted by Crippen LogP contribution is 2.09. The van der Waals surface area contributed by atoms with E-state index in [0.29, 0.717) is 0 Å². The summed E-state index contributed by atoms with van der Waals surface area (Å²) in [5, 5.41) is 34.1. The van der Waals surface area contributed by atoms with Crippen molar-refractivity contribution in [1.29, 1.82) is 0 Å². The highest BCUT2D eigenvalue weighted by molar-refractivity contribution is 4.81. The molecule has 0 fully saturated rings. The number of allylic oxidation sites excluding steroid dienone is 2. The Balaban J connectivity index is 0. The van der Waals surface area contributed by atoms with Gasteiger partial charge in [-0.05, 0) is 25.7 Å². The monoisotopic (exact) mass is 418 g/mol. The highest BCUT2D eigenvalue weighted by atomic mass is 16.5. The van der Waals surface area contributed by atoms with Crippen LogP contribution in [0.1, 0.15) is 104 Å². The predicted molar refractivity (Wildman–Crippen MR) is 122 cm³/mol. The molecule has 0 aromatic rings. The van der Waals surface area contributed by atoms with Gasteiger partial charge in [0.2, 0.25) is 0 Å². The van der Waals surface area contributed by atoms with Crippen LogP contribution < -0.4 is 0 Å². The second-order valence-electron chi connectivity index (χ2n) is 7.79. The second-order valence-corrected chi connectivity index (χ2v) is 7.79. The van der Waals surface area contributed by atoms with E-state index in [0.717, 1.165) is 0 Å². The number of hydrogen-bond acceptors (Lipinski definition) is 5. The fraction of sp³-hybridized carbons (Fsp3) is 0.917. The van der Waals surface area contributed by atoms with Crippen LogP contribution in [0.25, 0.3) is 0 Å². The summed E-state index contributed by atoms with van der Waals surface area (Å²) in [6.45, 7) is 3.77. The van der Waals surface area contributed by atoms with Crippen LogP contribution in [-0.2, 0) is 4.74 Å². The van der Waals surface area contributed by atoms with E-state index in [-0.39, 0.29) is 26.4 Å². The topological polar surface area (TPSA) is 90.2 Å². The highest BCUT2D eigenvalue weighted by Gasteiger charge is 2.05. The largest absolute Gasteiger partial charge is 0.394 e. The van der Waals surface area contributed by atoms with Crippen LogP contribution in [0, 0.1) is 0 Å². The average molecular weight is 419 g/mol. The molecule has 0 aromatic carbocycles. The van der Waals surface area contributed by atoms with Gasteiger partial charge in [0.25, 0.3) is 0 Å². The Bertz CT molecular complexity index is 282. The first kappa shape index (κ1) is 30.7. The van der Waals surface area contributed by atoms with Crippen LogP contribution in [0.5, 0.6) is 0 Å². The molecule has 176 valence electrons. The van der Waals surface area contributed by atoms with E-state index in [4.69, 9.17) is 25.2 Å². The molecule has 0 bridgehead atoms. The van der Waals surface area contributed by atoms with E-state index >= 15 is 0 Å². The molecule has 5 nitrogen and oxygen atoms in total. The first-order valence-electron chi connectivity index (χ1n) is 11.9. The van der Waals surface area contributed by atoms with Gasteiger partial charge in [-0.2, -0.15) is 0 Å². The molecule has 0 amide bonds. The molecule has 0 aliphatic carbocycles. The van der Waals surface area contributed by atoms with Crippen molar-refractivity contribution in [3.63, 3.8) is 0 Å². The lowest BCUT2D eigenvalue weighted by molar-refractivity contribution is -0.0364. The first-order chi connectivity index (χ1) is 14.1. The van der Waals surface area contributed by atoms with Gasteiger partial charge in [-0.1, -0.05) is 90.2 Å². The van der Waals surface area contributed by atoms with Crippen molar-refractivity contribution in [2.45, 2.75) is 116 Å². The SMILES string of the molecule is CCCCCCCCC=CCCCCCCCC.OCC(O)COCC(O)CO. The summed E-state index contributed by atoms with van der Waals surface area (Å²) in [7, 11) is 0. The summed E-state index contributed by atoms with van der Waals surface area (Å²) in [5.74, 6) is 0. The molecule has 0 aliphatic rings. The van der Waals surface area contributed by atoms with E-state index in [1.165, 1.54) is 89.9 Å². The van der Waals surface area contributed by atoms with E-state index in [9.17, 15) is 0 Å². The third-order valence-electron chi connectivity index (χ3n) is 4.66. The zero-order chi connectivity index (χ0) is 22.0. The number of ether oxygens (including phenoxy) is 1. The fourth-order valence-electron chi connectivity index (χ4n) is 2.77. The minimum atomic E-state index is -0.916. The maximum absolute atomic E-state index is 8.72. The molecule has 0 radical (unpaired) electrons. The van der Waals surface area contributed by atoms with Gasteiger partial charge in [0.15, 0.2) is 0 Å². The van der Waals surface area contributed by atoms with E-state index in [1.807, 2.05) is 0 Å². The standard InChI is InChI=1S/C18H36.C6H14O5/c1-3-5-7-9-11-13-15-17-18-16-14-12-10-8-6-4-2;7-1-5(9)3-11-4-6(10)2-8/h17-18H,3-16H2,1-2H3;5-10H,1-4H2. The van der Waals surface area contributed by atoms with Gasteiger partial charge in [0.1, 0.15) is 12.2 Å². The van der Waals surface area contributed by atoms with Crippen LogP contribution in [-0.4, -0.2) is 59.1 Å². The molecular weight excluding hydrogens is 368 g/mol. The molecule has 4 N–H and O–H groups in total. The Morgan fingerprint density at radius 1 is 0.586 bits per heavy atom. The van der Waals surface area contributed by atoms with Crippen molar-refractivity contribution in [2.75, 3.05) is 26.4 Å². The molecule has 0 saturated carbocycles. The van der Waals surface area contributed by atoms with Gasteiger partial charge in [0.05, 0.1) is 26.4 Å². The summed E-state index contributed by atoms with van der Waals surface area (Å²) in [6, 6.07) is 0. The number of hydrogen-bond donors (Lipinski definition) is 4. The Morgan fingerprint density at radius 3 is 1.28 bits per heavy atom. The van der Waals surface area contributed by atoms with Crippen molar-refractivity contribution < 1.29 is 25.2 Å². The first-order valence-corrected chi connectivity index (χ1v) is 11.9. The quantitative estimate of drug-likeness (QED) is 0.169. The van der Waals surface area contributed by atoms with Gasteiger partial charge in [-0.15, -0.1) is 0 Å². The lowest BCUT2D eigenvalue weighted by Gasteiger charge is -2.10. The number of aliphatic hydroxyl groups excluding tert-OH is 4. The Hall–Kier alpha value is -0.460. The molecule has 2 atom stereocenters.